The van der Waals surface area contributed by atoms with Crippen molar-refractivity contribution < 1.29 is 9.53 Å². The van der Waals surface area contributed by atoms with Crippen LogP contribution in [0, 0.1) is 18.3 Å². The summed E-state index contributed by atoms with van der Waals surface area (Å²) < 4.78 is 5.77. The third-order valence-electron chi connectivity index (χ3n) is 2.64. The highest BCUT2D eigenvalue weighted by atomic mass is 79.9. The number of amides is 1. The second kappa shape index (κ2) is 4.76. The van der Waals surface area contributed by atoms with Crippen molar-refractivity contribution in [2.24, 2.45) is 0 Å². The normalized spacial score (nSPS) is 19.7. The van der Waals surface area contributed by atoms with Crippen LogP contribution in [0.3, 0.4) is 0 Å². The second-order valence-corrected chi connectivity index (χ2v) is 4.73. The lowest BCUT2D eigenvalue weighted by Gasteiger charge is -2.31. The Balaban J connectivity index is 2.42. The van der Waals surface area contributed by atoms with Gasteiger partial charge in [-0.25, -0.2) is 4.79 Å². The Hall–Kier alpha value is -1.54. The summed E-state index contributed by atoms with van der Waals surface area (Å²) in [6.07, 6.45) is 0.0649. The number of aryl methyl sites for hydroxylation is 1. The van der Waals surface area contributed by atoms with E-state index in [2.05, 4.69) is 22.0 Å². The largest absolute Gasteiger partial charge is 0.449 e. The first-order valence-electron chi connectivity index (χ1n) is 5.25. The predicted octanol–water partition coefficient (Wildman–Crippen LogP) is 3.00. The van der Waals surface area contributed by atoms with Gasteiger partial charge in [-0.1, -0.05) is 6.07 Å². The Morgan fingerprint density at radius 2 is 2.35 bits per heavy atom. The second-order valence-electron chi connectivity index (χ2n) is 3.87. The van der Waals surface area contributed by atoms with E-state index in [0.29, 0.717) is 18.7 Å². The maximum Gasteiger partial charge on any atom is 0.415 e. The number of nitrogens with zero attached hydrogens (tertiary/aromatic N) is 2. The molecule has 1 amide bonds. The number of hydrogen-bond donors (Lipinski definition) is 0. The number of hydrogen-bond acceptors (Lipinski definition) is 3. The molecule has 1 atom stereocenters. The summed E-state index contributed by atoms with van der Waals surface area (Å²) in [6, 6.07) is 7.29. The average molecular weight is 295 g/mol. The minimum absolute atomic E-state index is 0.303. The van der Waals surface area contributed by atoms with Gasteiger partial charge in [0.05, 0.1) is 18.4 Å². The smallest absolute Gasteiger partial charge is 0.415 e. The van der Waals surface area contributed by atoms with Gasteiger partial charge in [0.15, 0.2) is 0 Å². The van der Waals surface area contributed by atoms with Crippen molar-refractivity contribution in [1.29, 1.82) is 5.26 Å². The Morgan fingerprint density at radius 3 is 3.00 bits per heavy atom. The maximum absolute atomic E-state index is 11.7. The fourth-order valence-electron chi connectivity index (χ4n) is 1.78. The molecule has 0 aromatic heterocycles. The molecule has 1 aliphatic heterocycles. The van der Waals surface area contributed by atoms with Gasteiger partial charge in [0.1, 0.15) is 6.04 Å². The van der Waals surface area contributed by atoms with E-state index >= 15 is 0 Å². The zero-order chi connectivity index (χ0) is 12.4. The SMILES string of the molecule is Cc1ccc(N2C(=O)OCCC2C#N)c(Br)c1. The number of cyclic esters (lactones) is 1. The summed E-state index contributed by atoms with van der Waals surface area (Å²) in [5.74, 6) is 0. The van der Waals surface area contributed by atoms with E-state index in [-0.39, 0.29) is 0 Å². The minimum Gasteiger partial charge on any atom is -0.449 e. The number of ether oxygens (including phenoxy) is 1. The Morgan fingerprint density at radius 1 is 1.59 bits per heavy atom. The molecular weight excluding hydrogens is 284 g/mol. The van der Waals surface area contributed by atoms with E-state index in [0.717, 1.165) is 10.0 Å². The van der Waals surface area contributed by atoms with Crippen LogP contribution in [0.2, 0.25) is 0 Å². The van der Waals surface area contributed by atoms with Gasteiger partial charge in [0.25, 0.3) is 0 Å². The van der Waals surface area contributed by atoms with E-state index in [9.17, 15) is 4.79 Å². The molecule has 0 radical (unpaired) electrons. The predicted molar refractivity (Wildman–Crippen MR) is 66.7 cm³/mol. The molecule has 1 unspecified atom stereocenters. The molecule has 88 valence electrons. The van der Waals surface area contributed by atoms with Gasteiger partial charge in [-0.15, -0.1) is 0 Å². The maximum atomic E-state index is 11.7. The van der Waals surface area contributed by atoms with Gasteiger partial charge < -0.3 is 4.74 Å². The van der Waals surface area contributed by atoms with Crippen LogP contribution in [0.15, 0.2) is 22.7 Å². The van der Waals surface area contributed by atoms with Crippen molar-refractivity contribution in [1.82, 2.24) is 0 Å². The first-order valence-corrected chi connectivity index (χ1v) is 6.04. The molecule has 5 heteroatoms. The van der Waals surface area contributed by atoms with Crippen LogP contribution >= 0.6 is 15.9 Å². The number of carbonyl (C=O) groups excluding carboxylic acids is 1. The standard InChI is InChI=1S/C12H11BrN2O2/c1-8-2-3-11(10(13)6-8)15-9(7-14)4-5-17-12(15)16/h2-3,6,9H,4-5H2,1H3. The molecule has 1 aliphatic rings. The molecule has 1 saturated heterocycles. The van der Waals surface area contributed by atoms with Crippen molar-refractivity contribution in [3.05, 3.63) is 28.2 Å². The highest BCUT2D eigenvalue weighted by Gasteiger charge is 2.32. The van der Waals surface area contributed by atoms with Gasteiger partial charge in [-0.05, 0) is 40.5 Å². The summed E-state index contributed by atoms with van der Waals surface area (Å²) in [6.45, 7) is 2.27. The van der Waals surface area contributed by atoms with E-state index < -0.39 is 12.1 Å². The van der Waals surface area contributed by atoms with Crippen molar-refractivity contribution in [3.8, 4) is 6.07 Å². The zero-order valence-corrected chi connectivity index (χ0v) is 10.9. The van der Waals surface area contributed by atoms with Gasteiger partial charge in [-0.3, -0.25) is 4.90 Å². The molecule has 1 heterocycles. The number of rotatable bonds is 1. The van der Waals surface area contributed by atoms with Crippen LogP contribution in [0.1, 0.15) is 12.0 Å². The number of benzene rings is 1. The Kier molecular flexibility index (Phi) is 3.34. The fraction of sp³-hybridized carbons (Fsp3) is 0.333. The molecule has 0 aliphatic carbocycles. The summed E-state index contributed by atoms with van der Waals surface area (Å²) in [4.78, 5) is 13.1. The van der Waals surface area contributed by atoms with E-state index in [4.69, 9.17) is 10.00 Å². The van der Waals surface area contributed by atoms with E-state index in [1.54, 1.807) is 0 Å². The van der Waals surface area contributed by atoms with Crippen LogP contribution < -0.4 is 4.90 Å². The summed E-state index contributed by atoms with van der Waals surface area (Å²) in [5, 5.41) is 9.07. The zero-order valence-electron chi connectivity index (χ0n) is 9.31. The lowest BCUT2D eigenvalue weighted by molar-refractivity contribution is 0.134. The van der Waals surface area contributed by atoms with Gasteiger partial charge in [0, 0.05) is 10.9 Å². The average Bonchev–Trinajstić information content (AvgIpc) is 2.30. The quantitative estimate of drug-likeness (QED) is 0.800. The number of anilines is 1. The van der Waals surface area contributed by atoms with Gasteiger partial charge >= 0.3 is 6.09 Å². The van der Waals surface area contributed by atoms with Crippen molar-refractivity contribution >= 4 is 27.7 Å². The number of halogens is 1. The summed E-state index contributed by atoms with van der Waals surface area (Å²) >= 11 is 3.41. The topological polar surface area (TPSA) is 53.3 Å². The van der Waals surface area contributed by atoms with E-state index in [1.165, 1.54) is 4.90 Å². The molecule has 0 N–H and O–H groups in total. The van der Waals surface area contributed by atoms with Crippen LogP contribution in [-0.2, 0) is 4.74 Å². The van der Waals surface area contributed by atoms with Crippen molar-refractivity contribution in [2.45, 2.75) is 19.4 Å². The molecular formula is C12H11BrN2O2. The number of nitriles is 1. The molecule has 0 spiro atoms. The lowest BCUT2D eigenvalue weighted by Crippen LogP contribution is -2.45. The van der Waals surface area contributed by atoms with Crippen molar-refractivity contribution in [2.75, 3.05) is 11.5 Å². The molecule has 1 aromatic rings. The van der Waals surface area contributed by atoms with E-state index in [1.807, 2.05) is 25.1 Å². The minimum atomic E-state index is -0.465. The fourth-order valence-corrected chi connectivity index (χ4v) is 2.46. The molecule has 0 saturated carbocycles. The highest BCUT2D eigenvalue weighted by Crippen LogP contribution is 2.31. The third kappa shape index (κ3) is 2.27. The highest BCUT2D eigenvalue weighted by molar-refractivity contribution is 9.10. The molecule has 0 bridgehead atoms. The van der Waals surface area contributed by atoms with Gasteiger partial charge in [-0.2, -0.15) is 5.26 Å². The summed E-state index contributed by atoms with van der Waals surface area (Å²) in [5.41, 5.74) is 1.76. The van der Waals surface area contributed by atoms with Crippen molar-refractivity contribution in [3.63, 3.8) is 0 Å². The molecule has 1 fully saturated rings. The van der Waals surface area contributed by atoms with Gasteiger partial charge in [0.2, 0.25) is 0 Å². The third-order valence-corrected chi connectivity index (χ3v) is 3.27. The Bertz CT molecular complexity index is 496. The molecule has 4 nitrogen and oxygen atoms in total. The Labute approximate surface area is 108 Å². The number of carbonyl (C=O) groups is 1. The van der Waals surface area contributed by atoms with Crippen LogP contribution in [-0.4, -0.2) is 18.7 Å². The van der Waals surface area contributed by atoms with Crippen LogP contribution in [0.4, 0.5) is 10.5 Å². The van der Waals surface area contributed by atoms with Crippen LogP contribution in [0.5, 0.6) is 0 Å². The molecule has 1 aromatic carbocycles. The molecule has 17 heavy (non-hydrogen) atoms. The first kappa shape index (κ1) is 11.9. The lowest BCUT2D eigenvalue weighted by atomic mass is 10.1. The monoisotopic (exact) mass is 294 g/mol. The first-order chi connectivity index (χ1) is 8.13. The summed E-state index contributed by atoms with van der Waals surface area (Å²) in [7, 11) is 0. The van der Waals surface area contributed by atoms with Crippen LogP contribution in [0.25, 0.3) is 0 Å². The molecule has 2 rings (SSSR count).